The van der Waals surface area contributed by atoms with Gasteiger partial charge in [0, 0.05) is 95.9 Å². The molecule has 0 radical (unpaired) electrons. The molecule has 2 saturated carbocycles. The quantitative estimate of drug-likeness (QED) is 0.136. The predicted octanol–water partition coefficient (Wildman–Crippen LogP) is 10.4. The van der Waals surface area contributed by atoms with Gasteiger partial charge in [-0.3, -0.25) is 4.79 Å². The van der Waals surface area contributed by atoms with Gasteiger partial charge in [-0.05, 0) is 86.4 Å². The monoisotopic (exact) mass is 914 g/mol. The average molecular weight is 916 g/mol. The third kappa shape index (κ3) is 7.10. The lowest BCUT2D eigenvalue weighted by atomic mass is 9.79. The Balaban J connectivity index is 1.16. The second-order valence-electron chi connectivity index (χ2n) is 18.1. The van der Waals surface area contributed by atoms with Crippen LogP contribution in [0.1, 0.15) is 79.4 Å². The second-order valence-corrected chi connectivity index (χ2v) is 18.9. The van der Waals surface area contributed by atoms with Gasteiger partial charge in [-0.1, -0.05) is 41.4 Å². The largest absolute Gasteiger partial charge is 0.371 e. The zero-order chi connectivity index (χ0) is 44.7. The molecular formula is C50H43Cl2F3N8O2. The second kappa shape index (κ2) is 16.6. The van der Waals surface area contributed by atoms with Gasteiger partial charge in [0.2, 0.25) is 5.91 Å². The van der Waals surface area contributed by atoms with E-state index in [1.165, 1.54) is 18.2 Å². The molecule has 6 aromatic rings. The first-order valence-corrected chi connectivity index (χ1v) is 23.1. The van der Waals surface area contributed by atoms with E-state index in [0.29, 0.717) is 56.5 Å². The van der Waals surface area contributed by atoms with Crippen LogP contribution in [0.25, 0.3) is 44.2 Å². The van der Waals surface area contributed by atoms with Gasteiger partial charge in [-0.25, -0.2) is 23.1 Å². The number of nitrogens with one attached hydrogen (secondary N) is 1. The van der Waals surface area contributed by atoms with Crippen LogP contribution in [0.3, 0.4) is 0 Å². The number of halogens is 5. The number of carbonyl (C=O) groups excluding carboxylic acids is 1. The highest BCUT2D eigenvalue weighted by Crippen LogP contribution is 2.52. The van der Waals surface area contributed by atoms with E-state index in [2.05, 4.69) is 33.0 Å². The number of benzene rings is 3. The summed E-state index contributed by atoms with van der Waals surface area (Å²) in [5, 5.41) is 25.6. The molecule has 12 rings (SSSR count). The predicted molar refractivity (Wildman–Crippen MR) is 242 cm³/mol. The van der Waals surface area contributed by atoms with Crippen molar-refractivity contribution in [2.24, 2.45) is 11.8 Å². The molecule has 0 spiro atoms. The number of hydrogen-bond donors (Lipinski definition) is 1. The standard InChI is InChI=1S/C50H43Cl2F3N8O2/c51-36-8-3-7-32(43(36)52)42-27(6-5-13-56)17-33-46(44(42)55)60-45(29-16-28(21-57)49(59-22-29)61-14-1-2-15-61)34-20-41(63(48(33)34)47-30-18-39(47)58-23-30)40-19-31(24-62(40)50(64)26-11-12-26)65-25-35-37(53)9-4-10-38(35)54/h3-4,7-10,16-17,20,22,26,30-31,39-40,47,58H,1-2,5-6,11-12,14-15,18-19,23-25H2/t30-,31+,39-,40-,47+/m1/s1. The maximum atomic E-state index is 18.0. The molecule has 4 aliphatic heterocycles. The summed E-state index contributed by atoms with van der Waals surface area (Å²) < 4.78 is 56.3. The minimum absolute atomic E-state index is 0.00105. The van der Waals surface area contributed by atoms with Crippen molar-refractivity contribution in [3.63, 3.8) is 0 Å². The number of ether oxygens (including phenoxy) is 1. The van der Waals surface area contributed by atoms with Gasteiger partial charge in [-0.2, -0.15) is 10.5 Å². The van der Waals surface area contributed by atoms with Crippen LogP contribution in [0, 0.1) is 51.9 Å². The summed E-state index contributed by atoms with van der Waals surface area (Å²) in [5.41, 5.74) is 3.87. The molecule has 10 nitrogen and oxygen atoms in total. The molecule has 6 fully saturated rings. The maximum absolute atomic E-state index is 18.0. The first-order chi connectivity index (χ1) is 31.6. The molecule has 330 valence electrons. The topological polar surface area (TPSA) is 123 Å². The number of nitrogens with zero attached hydrogens (tertiary/aromatic N) is 7. The van der Waals surface area contributed by atoms with E-state index in [0.717, 1.165) is 57.4 Å². The number of nitriles is 2. The van der Waals surface area contributed by atoms with E-state index in [1.54, 1.807) is 30.5 Å². The van der Waals surface area contributed by atoms with E-state index >= 15 is 4.39 Å². The number of likely N-dealkylation sites (tertiary alicyclic amines) is 1. The number of pyridine rings is 2. The molecule has 15 heteroatoms. The van der Waals surface area contributed by atoms with Gasteiger partial charge < -0.3 is 24.4 Å². The maximum Gasteiger partial charge on any atom is 0.226 e. The normalized spacial score (nSPS) is 22.5. The van der Waals surface area contributed by atoms with Crippen molar-refractivity contribution in [2.45, 2.75) is 82.2 Å². The van der Waals surface area contributed by atoms with E-state index in [1.807, 2.05) is 11.0 Å². The molecule has 65 heavy (non-hydrogen) atoms. The molecule has 4 saturated heterocycles. The van der Waals surface area contributed by atoms with Crippen LogP contribution in [-0.2, 0) is 22.6 Å². The number of hydrogen-bond acceptors (Lipinski definition) is 8. The lowest BCUT2D eigenvalue weighted by Gasteiger charge is -2.39. The minimum Gasteiger partial charge on any atom is -0.371 e. The fourth-order valence-corrected chi connectivity index (χ4v) is 11.3. The summed E-state index contributed by atoms with van der Waals surface area (Å²) in [7, 11) is 0. The van der Waals surface area contributed by atoms with Gasteiger partial charge in [0.15, 0.2) is 5.82 Å². The SMILES string of the molecule is N#CCCc1cc2c(nc(-c3cnc(N4CCCC4)c(C#N)c3)c3cc([C@H]4C[C@H](OCc5c(F)cccc5F)CN4C(=O)C4CC4)n([C@H]4[C@H]5CN[C@@H]4C5)c32)c(F)c1-c1cccc(Cl)c1Cl. The smallest absolute Gasteiger partial charge is 0.226 e. The van der Waals surface area contributed by atoms with Crippen LogP contribution in [0.4, 0.5) is 19.0 Å². The Morgan fingerprint density at radius 3 is 2.48 bits per heavy atom. The van der Waals surface area contributed by atoms with Crippen LogP contribution in [0.15, 0.2) is 60.8 Å². The molecule has 2 aliphatic carbocycles. The first kappa shape index (κ1) is 42.0. The Labute approximate surface area is 383 Å². The Kier molecular flexibility index (Phi) is 10.7. The molecule has 6 aliphatic rings. The fourth-order valence-electron chi connectivity index (χ4n) is 10.9. The fraction of sp³-hybridized carbons (Fsp3) is 0.380. The van der Waals surface area contributed by atoms with Crippen molar-refractivity contribution in [1.29, 1.82) is 10.5 Å². The molecule has 1 N–H and O–H groups in total. The summed E-state index contributed by atoms with van der Waals surface area (Å²) in [5.74, 6) is -1.32. The summed E-state index contributed by atoms with van der Waals surface area (Å²) in [6, 6.07) is 18.6. The van der Waals surface area contributed by atoms with Crippen molar-refractivity contribution in [2.75, 3.05) is 31.1 Å². The van der Waals surface area contributed by atoms with Crippen molar-refractivity contribution >= 4 is 56.7 Å². The van der Waals surface area contributed by atoms with Gasteiger partial charge in [0.25, 0.3) is 0 Å². The third-order valence-electron chi connectivity index (χ3n) is 14.2. The number of anilines is 1. The molecule has 0 unspecified atom stereocenters. The third-order valence-corrected chi connectivity index (χ3v) is 15.1. The number of fused-ring (bicyclic) bond motifs is 4. The summed E-state index contributed by atoms with van der Waals surface area (Å²) in [6.07, 6.45) is 6.33. The van der Waals surface area contributed by atoms with E-state index in [4.69, 9.17) is 37.9 Å². The molecule has 1 amide bonds. The summed E-state index contributed by atoms with van der Waals surface area (Å²) in [4.78, 5) is 28.3. The first-order valence-electron chi connectivity index (χ1n) is 22.4. The minimum atomic E-state index is -0.699. The molecule has 5 atom stereocenters. The highest BCUT2D eigenvalue weighted by atomic mass is 35.5. The molecule has 3 aromatic heterocycles. The number of aryl methyl sites for hydroxylation is 1. The Morgan fingerprint density at radius 1 is 0.985 bits per heavy atom. The van der Waals surface area contributed by atoms with Crippen LogP contribution in [0.2, 0.25) is 10.0 Å². The van der Waals surface area contributed by atoms with Crippen molar-refractivity contribution in [3.8, 4) is 34.5 Å². The van der Waals surface area contributed by atoms with Crippen molar-refractivity contribution in [3.05, 3.63) is 111 Å². The lowest BCUT2D eigenvalue weighted by molar-refractivity contribution is -0.134. The summed E-state index contributed by atoms with van der Waals surface area (Å²) >= 11 is 13.4. The van der Waals surface area contributed by atoms with Gasteiger partial charge in [0.1, 0.15) is 29.0 Å². The Hall–Kier alpha value is -5.70. The highest BCUT2D eigenvalue weighted by Gasteiger charge is 2.51. The number of carbonyl (C=O) groups is 1. The van der Waals surface area contributed by atoms with Gasteiger partial charge >= 0.3 is 0 Å². The lowest BCUT2D eigenvalue weighted by Crippen LogP contribution is -2.41. The number of aromatic nitrogens is 3. The van der Waals surface area contributed by atoms with Crippen LogP contribution in [-0.4, -0.2) is 63.7 Å². The Bertz CT molecular complexity index is 2990. The Morgan fingerprint density at radius 2 is 1.77 bits per heavy atom. The molecule has 2 bridgehead atoms. The average Bonchev–Trinajstić information content (AvgIpc) is 3.83. The zero-order valence-electron chi connectivity index (χ0n) is 35.3. The van der Waals surface area contributed by atoms with Crippen LogP contribution < -0.4 is 10.2 Å². The molecule has 3 aromatic carbocycles. The number of rotatable bonds is 11. The van der Waals surface area contributed by atoms with E-state index in [9.17, 15) is 24.1 Å². The van der Waals surface area contributed by atoms with Gasteiger partial charge in [-0.15, -0.1) is 0 Å². The van der Waals surface area contributed by atoms with Crippen LogP contribution >= 0.6 is 23.2 Å². The molecule has 7 heterocycles. The van der Waals surface area contributed by atoms with Crippen molar-refractivity contribution in [1.82, 2.24) is 24.8 Å². The van der Waals surface area contributed by atoms with Crippen molar-refractivity contribution < 1.29 is 22.7 Å². The van der Waals surface area contributed by atoms with Gasteiger partial charge in [0.05, 0.1) is 57.7 Å². The van der Waals surface area contributed by atoms with Crippen LogP contribution in [0.5, 0.6) is 0 Å². The van der Waals surface area contributed by atoms with E-state index < -0.39 is 29.6 Å². The molecular weight excluding hydrogens is 873 g/mol. The summed E-state index contributed by atoms with van der Waals surface area (Å²) in [6.45, 7) is 2.28. The number of amides is 1. The van der Waals surface area contributed by atoms with E-state index in [-0.39, 0.29) is 82.5 Å². The zero-order valence-corrected chi connectivity index (χ0v) is 36.8. The highest BCUT2D eigenvalue weighted by molar-refractivity contribution is 6.43.